The second-order valence-corrected chi connectivity index (χ2v) is 10.5. The van der Waals surface area contributed by atoms with Crippen LogP contribution in [0, 0.1) is 18.6 Å². The van der Waals surface area contributed by atoms with Crippen molar-refractivity contribution in [1.82, 2.24) is 9.55 Å². The number of hydrogen-bond acceptors (Lipinski definition) is 5. The second kappa shape index (κ2) is 9.13. The van der Waals surface area contributed by atoms with Gasteiger partial charge in [0.1, 0.15) is 17.5 Å². The SMILES string of the molecule is CO[C@@H]1CSc2c(-c3cc(Cl)c(F)cc3F)c(C)cc3c(N4CCCC[C@@H]4C)nc(=O)n(c23)C1. The molecule has 0 unspecified atom stereocenters. The van der Waals surface area contributed by atoms with E-state index in [1.54, 1.807) is 11.7 Å². The Labute approximate surface area is 206 Å². The Balaban J connectivity index is 1.86. The number of nitrogens with zero attached hydrogens (tertiary/aromatic N) is 3. The van der Waals surface area contributed by atoms with E-state index in [1.807, 2.05) is 13.0 Å². The molecule has 0 bridgehead atoms. The Morgan fingerprint density at radius 1 is 1.21 bits per heavy atom. The summed E-state index contributed by atoms with van der Waals surface area (Å²) in [6.45, 7) is 5.24. The molecule has 2 aromatic carbocycles. The fourth-order valence-electron chi connectivity index (χ4n) is 5.09. The lowest BCUT2D eigenvalue weighted by Gasteiger charge is -2.35. The maximum atomic E-state index is 15.1. The Morgan fingerprint density at radius 3 is 2.74 bits per heavy atom. The Kier molecular flexibility index (Phi) is 6.33. The first-order chi connectivity index (χ1) is 16.3. The number of aromatic nitrogens is 2. The molecule has 3 aromatic rings. The van der Waals surface area contributed by atoms with Crippen LogP contribution in [0.4, 0.5) is 14.6 Å². The third-order valence-corrected chi connectivity index (χ3v) is 8.40. The standard InChI is InChI=1S/C25H26ClF2N3O2S/c1-13-8-17-22-23(21(13)16-9-18(26)20(28)10-19(16)27)34-12-15(33-3)11-31(22)25(32)29-24(17)30-7-5-4-6-14(30)2/h8-10,14-15H,4-7,11-12H2,1-3H3/t14-,15-/m0/s1. The van der Waals surface area contributed by atoms with Crippen LogP contribution in [0.15, 0.2) is 27.9 Å². The van der Waals surface area contributed by atoms with Crippen molar-refractivity contribution >= 4 is 40.1 Å². The summed E-state index contributed by atoms with van der Waals surface area (Å²) in [5, 5.41) is 0.717. The smallest absolute Gasteiger partial charge is 0.350 e. The van der Waals surface area contributed by atoms with Gasteiger partial charge in [0, 0.05) is 52.9 Å². The van der Waals surface area contributed by atoms with Crippen molar-refractivity contribution in [1.29, 1.82) is 0 Å². The molecule has 0 saturated carbocycles. The largest absolute Gasteiger partial charge is 0.379 e. The molecule has 9 heteroatoms. The highest BCUT2D eigenvalue weighted by Gasteiger charge is 2.30. The quantitative estimate of drug-likeness (QED) is 0.421. The minimum atomic E-state index is -0.804. The molecule has 3 heterocycles. The van der Waals surface area contributed by atoms with Gasteiger partial charge in [-0.15, -0.1) is 11.8 Å². The second-order valence-electron chi connectivity index (χ2n) is 9.08. The van der Waals surface area contributed by atoms with Gasteiger partial charge in [-0.25, -0.2) is 13.6 Å². The molecule has 0 amide bonds. The predicted molar refractivity (Wildman–Crippen MR) is 133 cm³/mol. The number of piperidine rings is 1. The van der Waals surface area contributed by atoms with Crippen LogP contribution in [0.25, 0.3) is 22.0 Å². The van der Waals surface area contributed by atoms with Crippen molar-refractivity contribution in [3.05, 3.63) is 50.9 Å². The van der Waals surface area contributed by atoms with Crippen LogP contribution in [0.1, 0.15) is 31.7 Å². The lowest BCUT2D eigenvalue weighted by Crippen LogP contribution is -2.40. The Hall–Kier alpha value is -2.16. The van der Waals surface area contributed by atoms with Gasteiger partial charge in [0.15, 0.2) is 0 Å². The van der Waals surface area contributed by atoms with E-state index >= 15 is 4.39 Å². The lowest BCUT2D eigenvalue weighted by atomic mass is 9.96. The number of hydrogen-bond donors (Lipinski definition) is 0. The highest BCUT2D eigenvalue weighted by atomic mass is 35.5. The zero-order valence-electron chi connectivity index (χ0n) is 19.3. The Bertz CT molecular complexity index is 1350. The molecule has 0 N–H and O–H groups in total. The number of ether oxygens (including phenoxy) is 1. The number of halogens is 3. The summed E-state index contributed by atoms with van der Waals surface area (Å²) < 4.78 is 36.3. The van der Waals surface area contributed by atoms with Crippen LogP contribution < -0.4 is 10.6 Å². The maximum Gasteiger partial charge on any atom is 0.350 e. The van der Waals surface area contributed by atoms with Gasteiger partial charge in [-0.3, -0.25) is 4.57 Å². The van der Waals surface area contributed by atoms with Gasteiger partial charge in [0.2, 0.25) is 0 Å². The first kappa shape index (κ1) is 23.6. The molecule has 34 heavy (non-hydrogen) atoms. The first-order valence-electron chi connectivity index (χ1n) is 11.5. The summed E-state index contributed by atoms with van der Waals surface area (Å²) >= 11 is 7.57. The fraction of sp³-hybridized carbons (Fsp3) is 0.440. The third kappa shape index (κ3) is 3.89. The average Bonchev–Trinajstić information content (AvgIpc) is 3.00. The van der Waals surface area contributed by atoms with Gasteiger partial charge in [-0.05, 0) is 50.8 Å². The highest BCUT2D eigenvalue weighted by Crippen LogP contribution is 2.45. The lowest BCUT2D eigenvalue weighted by molar-refractivity contribution is 0.107. The van der Waals surface area contributed by atoms with E-state index < -0.39 is 11.6 Å². The van der Waals surface area contributed by atoms with E-state index in [-0.39, 0.29) is 28.4 Å². The number of benzene rings is 2. The summed E-state index contributed by atoms with van der Waals surface area (Å²) in [5.41, 5.74) is 2.01. The minimum absolute atomic E-state index is 0.147. The van der Waals surface area contributed by atoms with E-state index in [2.05, 4.69) is 16.8 Å². The summed E-state index contributed by atoms with van der Waals surface area (Å²) in [5.74, 6) is -0.244. The van der Waals surface area contributed by atoms with Crippen LogP contribution in [-0.2, 0) is 11.3 Å². The maximum absolute atomic E-state index is 15.1. The van der Waals surface area contributed by atoms with E-state index in [0.717, 1.165) is 53.2 Å². The van der Waals surface area contributed by atoms with Gasteiger partial charge in [-0.2, -0.15) is 4.98 Å². The molecule has 5 rings (SSSR count). The van der Waals surface area contributed by atoms with Crippen molar-refractivity contribution < 1.29 is 13.5 Å². The van der Waals surface area contributed by atoms with E-state index in [4.69, 9.17) is 16.3 Å². The summed E-state index contributed by atoms with van der Waals surface area (Å²) in [7, 11) is 1.62. The molecule has 1 fully saturated rings. The van der Waals surface area contributed by atoms with Gasteiger partial charge in [-0.1, -0.05) is 11.6 Å². The number of aryl methyl sites for hydroxylation is 1. The topological polar surface area (TPSA) is 47.4 Å². The van der Waals surface area contributed by atoms with Crippen molar-refractivity contribution in [2.45, 2.75) is 56.7 Å². The number of methoxy groups -OCH3 is 1. The summed E-state index contributed by atoms with van der Waals surface area (Å²) in [6, 6.07) is 4.38. The number of anilines is 1. The highest BCUT2D eigenvalue weighted by molar-refractivity contribution is 7.99. The zero-order valence-corrected chi connectivity index (χ0v) is 20.9. The van der Waals surface area contributed by atoms with Crippen molar-refractivity contribution in [3.63, 3.8) is 0 Å². The van der Waals surface area contributed by atoms with Crippen LogP contribution in [-0.4, -0.2) is 41.1 Å². The van der Waals surface area contributed by atoms with E-state index in [1.165, 1.54) is 17.8 Å². The van der Waals surface area contributed by atoms with Crippen molar-refractivity contribution in [2.24, 2.45) is 0 Å². The minimum Gasteiger partial charge on any atom is -0.379 e. The van der Waals surface area contributed by atoms with Gasteiger partial charge >= 0.3 is 5.69 Å². The van der Waals surface area contributed by atoms with E-state index in [9.17, 15) is 9.18 Å². The van der Waals surface area contributed by atoms with Crippen LogP contribution in [0.5, 0.6) is 0 Å². The predicted octanol–water partition coefficient (Wildman–Crippen LogP) is 5.80. The summed E-state index contributed by atoms with van der Waals surface area (Å²) in [6.07, 6.45) is 3.02. The third-order valence-electron chi connectivity index (χ3n) is 6.88. The molecular weight excluding hydrogens is 480 g/mol. The normalized spacial score (nSPS) is 20.6. The van der Waals surface area contributed by atoms with Crippen LogP contribution in [0.3, 0.4) is 0 Å². The molecule has 180 valence electrons. The van der Waals surface area contributed by atoms with Gasteiger partial charge in [0.05, 0.1) is 23.2 Å². The molecule has 0 aliphatic carbocycles. The Morgan fingerprint density at radius 2 is 2.00 bits per heavy atom. The molecular formula is C25H26ClF2N3O2S. The van der Waals surface area contributed by atoms with Crippen molar-refractivity contribution in [3.8, 4) is 11.1 Å². The average molecular weight is 506 g/mol. The molecule has 1 saturated heterocycles. The zero-order chi connectivity index (χ0) is 24.1. The van der Waals surface area contributed by atoms with Crippen molar-refractivity contribution in [2.75, 3.05) is 24.3 Å². The van der Waals surface area contributed by atoms with Gasteiger partial charge in [0.25, 0.3) is 0 Å². The van der Waals surface area contributed by atoms with E-state index in [0.29, 0.717) is 23.7 Å². The number of rotatable bonds is 3. The first-order valence-corrected chi connectivity index (χ1v) is 12.8. The molecule has 2 atom stereocenters. The fourth-order valence-corrected chi connectivity index (χ4v) is 6.62. The molecule has 1 aromatic heterocycles. The van der Waals surface area contributed by atoms with Crippen LogP contribution in [0.2, 0.25) is 5.02 Å². The van der Waals surface area contributed by atoms with Gasteiger partial charge < -0.3 is 9.64 Å². The molecule has 5 nitrogen and oxygen atoms in total. The number of thioether (sulfide) groups is 1. The monoisotopic (exact) mass is 505 g/mol. The molecule has 0 radical (unpaired) electrons. The molecule has 0 spiro atoms. The van der Waals surface area contributed by atoms with Crippen LogP contribution >= 0.6 is 23.4 Å². The molecule has 2 aliphatic rings. The summed E-state index contributed by atoms with van der Waals surface area (Å²) in [4.78, 5) is 20.9. The molecule has 2 aliphatic heterocycles.